The van der Waals surface area contributed by atoms with Crippen molar-refractivity contribution in [2.24, 2.45) is 0 Å². The Morgan fingerprint density at radius 1 is 0.650 bits per heavy atom. The van der Waals surface area contributed by atoms with E-state index in [0.717, 1.165) is 22.3 Å². The van der Waals surface area contributed by atoms with E-state index in [-0.39, 0.29) is 46.8 Å². The summed E-state index contributed by atoms with van der Waals surface area (Å²) >= 11 is 0. The highest BCUT2D eigenvalue weighted by atomic mass is 16.6. The zero-order valence-corrected chi connectivity index (χ0v) is 24.4. The van der Waals surface area contributed by atoms with Crippen LogP contribution in [0.15, 0.2) is 24.3 Å². The first kappa shape index (κ1) is 29.1. The lowest BCUT2D eigenvalue weighted by Crippen LogP contribution is -2.14. The third kappa shape index (κ3) is 5.53. The number of methoxy groups -OCH3 is 2. The molecular weight excluding hydrogens is 512 g/mol. The van der Waals surface area contributed by atoms with Crippen LogP contribution in [-0.2, 0) is 52.3 Å². The van der Waals surface area contributed by atoms with Crippen molar-refractivity contribution in [2.45, 2.75) is 78.1 Å². The van der Waals surface area contributed by atoms with E-state index in [1.165, 1.54) is 14.2 Å². The van der Waals surface area contributed by atoms with Crippen molar-refractivity contribution in [3.63, 3.8) is 0 Å². The maximum absolute atomic E-state index is 13.5. The van der Waals surface area contributed by atoms with Crippen molar-refractivity contribution < 1.29 is 38.1 Å². The van der Waals surface area contributed by atoms with E-state index in [1.807, 2.05) is 53.7 Å². The molecular formula is C32H36O8. The normalized spacial score (nSPS) is 16.3. The average molecular weight is 549 g/mol. The Kier molecular flexibility index (Phi) is 7.67. The zero-order chi connectivity index (χ0) is 29.6. The molecule has 0 bridgehead atoms. The fourth-order valence-corrected chi connectivity index (χ4v) is 5.05. The summed E-state index contributed by atoms with van der Waals surface area (Å²) in [6.07, 6.45) is 1.13. The van der Waals surface area contributed by atoms with Gasteiger partial charge in [-0.15, -0.1) is 0 Å². The van der Waals surface area contributed by atoms with Gasteiger partial charge >= 0.3 is 23.9 Å². The summed E-state index contributed by atoms with van der Waals surface area (Å²) in [6.45, 7) is 12.0. The molecule has 2 heterocycles. The van der Waals surface area contributed by atoms with Gasteiger partial charge in [-0.2, -0.15) is 0 Å². The van der Waals surface area contributed by atoms with Gasteiger partial charge in [0.15, 0.2) is 0 Å². The quantitative estimate of drug-likeness (QED) is 0.274. The van der Waals surface area contributed by atoms with Crippen molar-refractivity contribution in [1.82, 2.24) is 0 Å². The van der Waals surface area contributed by atoms with Crippen LogP contribution in [0.2, 0.25) is 0 Å². The lowest BCUT2D eigenvalue weighted by atomic mass is 9.81. The first-order chi connectivity index (χ1) is 18.6. The van der Waals surface area contributed by atoms with Crippen molar-refractivity contribution in [3.05, 3.63) is 57.6 Å². The van der Waals surface area contributed by atoms with Gasteiger partial charge in [0.05, 0.1) is 25.4 Å². The highest BCUT2D eigenvalue weighted by molar-refractivity contribution is 6.41. The maximum Gasteiger partial charge on any atom is 0.345 e. The molecule has 212 valence electrons. The van der Waals surface area contributed by atoms with E-state index in [0.29, 0.717) is 35.5 Å². The number of fused-ring (bicyclic) bond motifs is 2. The second-order valence-electron chi connectivity index (χ2n) is 12.2. The molecule has 0 spiro atoms. The molecule has 2 aliphatic rings. The number of aryl methyl sites for hydroxylation is 2. The van der Waals surface area contributed by atoms with Crippen LogP contribution in [0.25, 0.3) is 11.1 Å². The minimum atomic E-state index is -0.636. The van der Waals surface area contributed by atoms with Gasteiger partial charge in [-0.3, -0.25) is 9.59 Å². The van der Waals surface area contributed by atoms with Crippen LogP contribution < -0.4 is 9.47 Å². The molecule has 40 heavy (non-hydrogen) atoms. The van der Waals surface area contributed by atoms with Gasteiger partial charge in [-0.1, -0.05) is 53.7 Å². The highest BCUT2D eigenvalue weighted by Gasteiger charge is 2.42. The molecule has 0 aromatic heterocycles. The molecule has 0 aliphatic carbocycles. The van der Waals surface area contributed by atoms with Crippen LogP contribution in [0, 0.1) is 0 Å². The Labute approximate surface area is 234 Å². The van der Waals surface area contributed by atoms with Gasteiger partial charge < -0.3 is 18.9 Å². The monoisotopic (exact) mass is 548 g/mol. The lowest BCUT2D eigenvalue weighted by Gasteiger charge is -2.22. The molecule has 8 nitrogen and oxygen atoms in total. The summed E-state index contributed by atoms with van der Waals surface area (Å²) in [5, 5.41) is 0. The largest absolute Gasteiger partial charge is 0.469 e. The van der Waals surface area contributed by atoms with Crippen molar-refractivity contribution >= 4 is 35.0 Å². The molecule has 0 atom stereocenters. The van der Waals surface area contributed by atoms with Crippen LogP contribution in [-0.4, -0.2) is 38.1 Å². The standard InChI is InChI=1S/C32H36O8/c1-31(2,3)21-15-17(9-11-23(33)37-7)13-19-25(29(35)39-27(19)21)26-20-14-18(10-12-24(34)38-8)16-22(32(4,5)6)28(20)40-30(26)36/h13-16H,9-12H2,1-8H3/b26-25+. The van der Waals surface area contributed by atoms with E-state index in [2.05, 4.69) is 0 Å². The first-order valence-corrected chi connectivity index (χ1v) is 13.3. The minimum absolute atomic E-state index is 0.133. The second kappa shape index (κ2) is 10.6. The Morgan fingerprint density at radius 2 is 1.00 bits per heavy atom. The Balaban J connectivity index is 1.96. The molecule has 0 saturated carbocycles. The van der Waals surface area contributed by atoms with Gasteiger partial charge in [0.25, 0.3) is 0 Å². The van der Waals surface area contributed by atoms with Gasteiger partial charge in [-0.05, 0) is 46.9 Å². The Bertz CT molecular complexity index is 1340. The molecule has 2 aromatic carbocycles. The van der Waals surface area contributed by atoms with Gasteiger partial charge in [0, 0.05) is 35.1 Å². The Hall–Kier alpha value is -3.94. The number of ether oxygens (including phenoxy) is 4. The van der Waals surface area contributed by atoms with Crippen LogP contribution >= 0.6 is 0 Å². The van der Waals surface area contributed by atoms with E-state index in [4.69, 9.17) is 18.9 Å². The van der Waals surface area contributed by atoms with Crippen LogP contribution in [0.1, 0.15) is 87.8 Å². The van der Waals surface area contributed by atoms with E-state index in [9.17, 15) is 19.2 Å². The molecule has 0 amide bonds. The number of carbonyl (C=O) groups excluding carboxylic acids is 4. The zero-order valence-electron chi connectivity index (χ0n) is 24.4. The lowest BCUT2D eigenvalue weighted by molar-refractivity contribution is -0.141. The summed E-state index contributed by atoms with van der Waals surface area (Å²) in [7, 11) is 2.68. The Morgan fingerprint density at radius 3 is 1.30 bits per heavy atom. The van der Waals surface area contributed by atoms with Crippen molar-refractivity contribution in [1.29, 1.82) is 0 Å². The number of carbonyl (C=O) groups is 4. The molecule has 2 aliphatic heterocycles. The fourth-order valence-electron chi connectivity index (χ4n) is 5.05. The van der Waals surface area contributed by atoms with Crippen LogP contribution in [0.5, 0.6) is 11.5 Å². The van der Waals surface area contributed by atoms with Gasteiger partial charge in [0.2, 0.25) is 0 Å². The smallest absolute Gasteiger partial charge is 0.345 e. The van der Waals surface area contributed by atoms with Crippen LogP contribution in [0.4, 0.5) is 0 Å². The summed E-state index contributed by atoms with van der Waals surface area (Å²) in [5.41, 5.74) is 3.71. The summed E-state index contributed by atoms with van der Waals surface area (Å²) in [4.78, 5) is 50.7. The molecule has 0 saturated heterocycles. The number of rotatable bonds is 6. The van der Waals surface area contributed by atoms with Gasteiger partial charge in [-0.25, -0.2) is 9.59 Å². The fraction of sp³-hybridized carbons (Fsp3) is 0.438. The molecule has 0 N–H and O–H groups in total. The van der Waals surface area contributed by atoms with E-state index < -0.39 is 11.9 Å². The average Bonchev–Trinajstić information content (AvgIpc) is 3.37. The van der Waals surface area contributed by atoms with Crippen molar-refractivity contribution in [2.75, 3.05) is 14.2 Å². The SMILES string of the molecule is COC(=O)CCc1cc2c(c(C(C)(C)C)c1)OC(=O)/C2=C1/C(=O)Oc2c1cc(CCC(=O)OC)cc2C(C)(C)C. The highest BCUT2D eigenvalue weighted by Crippen LogP contribution is 2.50. The topological polar surface area (TPSA) is 105 Å². The molecule has 8 heteroatoms. The maximum atomic E-state index is 13.5. The number of hydrogen-bond donors (Lipinski definition) is 0. The predicted octanol–water partition coefficient (Wildman–Crippen LogP) is 5.24. The summed E-state index contributed by atoms with van der Waals surface area (Å²) in [6, 6.07) is 7.48. The van der Waals surface area contributed by atoms with Gasteiger partial charge in [0.1, 0.15) is 11.5 Å². The number of benzene rings is 2. The number of hydrogen-bond acceptors (Lipinski definition) is 8. The molecule has 2 aromatic rings. The summed E-state index contributed by atoms with van der Waals surface area (Å²) in [5.74, 6) is -1.15. The predicted molar refractivity (Wildman–Crippen MR) is 149 cm³/mol. The molecule has 0 fully saturated rings. The van der Waals surface area contributed by atoms with Crippen LogP contribution in [0.3, 0.4) is 0 Å². The third-order valence-corrected chi connectivity index (χ3v) is 7.19. The van der Waals surface area contributed by atoms with E-state index in [1.54, 1.807) is 12.1 Å². The first-order valence-electron chi connectivity index (χ1n) is 13.3. The number of esters is 4. The molecule has 0 unspecified atom stereocenters. The minimum Gasteiger partial charge on any atom is -0.469 e. The summed E-state index contributed by atoms with van der Waals surface area (Å²) < 4.78 is 21.3. The third-order valence-electron chi connectivity index (χ3n) is 7.19. The van der Waals surface area contributed by atoms with E-state index >= 15 is 0 Å². The molecule has 4 rings (SSSR count). The second-order valence-corrected chi connectivity index (χ2v) is 12.2. The van der Waals surface area contributed by atoms with Crippen molar-refractivity contribution in [3.8, 4) is 11.5 Å². The molecule has 0 radical (unpaired) electrons.